The third kappa shape index (κ3) is 3.70. The molecule has 2 unspecified atom stereocenters. The van der Waals surface area contributed by atoms with Crippen LogP contribution in [0.25, 0.3) is 0 Å². The zero-order chi connectivity index (χ0) is 13.0. The maximum atomic E-state index is 13.0. The van der Waals surface area contributed by atoms with E-state index in [-0.39, 0.29) is 5.82 Å². The van der Waals surface area contributed by atoms with Crippen LogP contribution < -0.4 is 10.6 Å². The van der Waals surface area contributed by atoms with Gasteiger partial charge in [0.05, 0.1) is 0 Å². The first-order chi connectivity index (χ1) is 8.65. The van der Waals surface area contributed by atoms with Gasteiger partial charge in [-0.3, -0.25) is 0 Å². The molecule has 1 aromatic rings. The van der Waals surface area contributed by atoms with Crippen molar-refractivity contribution in [1.29, 1.82) is 0 Å². The van der Waals surface area contributed by atoms with E-state index in [0.717, 1.165) is 24.2 Å². The molecule has 18 heavy (non-hydrogen) atoms. The molecule has 1 aliphatic heterocycles. The van der Waals surface area contributed by atoms with E-state index < -0.39 is 0 Å². The van der Waals surface area contributed by atoms with E-state index >= 15 is 0 Å². The van der Waals surface area contributed by atoms with Crippen LogP contribution in [0.15, 0.2) is 18.2 Å². The van der Waals surface area contributed by atoms with Gasteiger partial charge in [-0.25, -0.2) is 4.39 Å². The Hall–Kier alpha value is -1.09. The Bertz CT molecular complexity index is 386. The lowest BCUT2D eigenvalue weighted by Crippen LogP contribution is -2.37. The Morgan fingerprint density at radius 2 is 2.28 bits per heavy atom. The fourth-order valence-electron chi connectivity index (χ4n) is 2.67. The van der Waals surface area contributed by atoms with E-state index in [2.05, 4.69) is 17.6 Å². The summed E-state index contributed by atoms with van der Waals surface area (Å²) >= 11 is 0. The first-order valence-electron chi connectivity index (χ1n) is 6.91. The Morgan fingerprint density at radius 1 is 1.44 bits per heavy atom. The van der Waals surface area contributed by atoms with Crippen LogP contribution in [0.5, 0.6) is 0 Å². The normalized spacial score (nSPS) is 21.6. The SMILES string of the molecule is Cc1cc(F)ccc1NC(C)CC1CCCCN1. The molecule has 100 valence electrons. The third-order valence-electron chi connectivity index (χ3n) is 3.64. The lowest BCUT2D eigenvalue weighted by atomic mass is 9.98. The molecule has 1 aromatic carbocycles. The molecule has 0 spiro atoms. The number of aryl methyl sites for hydroxylation is 1. The van der Waals surface area contributed by atoms with Crippen LogP contribution in [0.4, 0.5) is 10.1 Å². The molecule has 1 saturated heterocycles. The molecule has 0 amide bonds. The summed E-state index contributed by atoms with van der Waals surface area (Å²) in [6.07, 6.45) is 5.03. The predicted molar refractivity (Wildman–Crippen MR) is 74.5 cm³/mol. The molecular formula is C15H23FN2. The number of anilines is 1. The minimum atomic E-state index is -0.167. The van der Waals surface area contributed by atoms with Crippen molar-refractivity contribution < 1.29 is 4.39 Å². The number of nitrogens with one attached hydrogen (secondary N) is 2. The summed E-state index contributed by atoms with van der Waals surface area (Å²) in [5, 5.41) is 7.04. The summed E-state index contributed by atoms with van der Waals surface area (Å²) in [7, 11) is 0. The molecule has 1 heterocycles. The quantitative estimate of drug-likeness (QED) is 0.855. The van der Waals surface area contributed by atoms with E-state index in [9.17, 15) is 4.39 Å². The van der Waals surface area contributed by atoms with Gasteiger partial charge in [-0.05, 0) is 63.4 Å². The number of benzene rings is 1. The summed E-state index contributed by atoms with van der Waals surface area (Å²) in [6.45, 7) is 5.28. The number of hydrogen-bond donors (Lipinski definition) is 2. The molecular weight excluding hydrogens is 227 g/mol. The second-order valence-corrected chi connectivity index (χ2v) is 5.39. The molecule has 0 bridgehead atoms. The molecule has 0 saturated carbocycles. The third-order valence-corrected chi connectivity index (χ3v) is 3.64. The fraction of sp³-hybridized carbons (Fsp3) is 0.600. The summed E-state index contributed by atoms with van der Waals surface area (Å²) in [4.78, 5) is 0. The van der Waals surface area contributed by atoms with Crippen LogP contribution in [0, 0.1) is 12.7 Å². The van der Waals surface area contributed by atoms with E-state index in [0.29, 0.717) is 12.1 Å². The molecule has 1 aliphatic rings. The molecule has 0 radical (unpaired) electrons. The van der Waals surface area contributed by atoms with E-state index in [1.807, 2.05) is 13.0 Å². The topological polar surface area (TPSA) is 24.1 Å². The summed E-state index contributed by atoms with van der Waals surface area (Å²) in [5.41, 5.74) is 2.01. The van der Waals surface area contributed by atoms with Crippen LogP contribution in [0.2, 0.25) is 0 Å². The highest BCUT2D eigenvalue weighted by Gasteiger charge is 2.15. The van der Waals surface area contributed by atoms with Gasteiger partial charge in [0, 0.05) is 17.8 Å². The van der Waals surface area contributed by atoms with Gasteiger partial charge in [0.15, 0.2) is 0 Å². The molecule has 2 N–H and O–H groups in total. The summed E-state index contributed by atoms with van der Waals surface area (Å²) in [6, 6.07) is 5.95. The Balaban J connectivity index is 1.87. The highest BCUT2D eigenvalue weighted by Crippen LogP contribution is 2.19. The average Bonchev–Trinajstić information content (AvgIpc) is 2.34. The van der Waals surface area contributed by atoms with Gasteiger partial charge in [-0.15, -0.1) is 0 Å². The highest BCUT2D eigenvalue weighted by molar-refractivity contribution is 5.51. The zero-order valence-corrected chi connectivity index (χ0v) is 11.3. The van der Waals surface area contributed by atoms with Crippen molar-refractivity contribution in [3.8, 4) is 0 Å². The van der Waals surface area contributed by atoms with Gasteiger partial charge >= 0.3 is 0 Å². The highest BCUT2D eigenvalue weighted by atomic mass is 19.1. The molecule has 2 rings (SSSR count). The minimum absolute atomic E-state index is 0.167. The molecule has 0 aliphatic carbocycles. The van der Waals surface area contributed by atoms with Crippen molar-refractivity contribution in [3.05, 3.63) is 29.6 Å². The first-order valence-corrected chi connectivity index (χ1v) is 6.91. The van der Waals surface area contributed by atoms with Crippen molar-refractivity contribution in [2.45, 2.75) is 51.6 Å². The van der Waals surface area contributed by atoms with Crippen molar-refractivity contribution in [2.24, 2.45) is 0 Å². The lowest BCUT2D eigenvalue weighted by Gasteiger charge is -2.27. The van der Waals surface area contributed by atoms with Crippen LogP contribution in [0.3, 0.4) is 0 Å². The Kier molecular flexibility index (Phi) is 4.59. The summed E-state index contributed by atoms with van der Waals surface area (Å²) < 4.78 is 13.0. The van der Waals surface area contributed by atoms with Crippen molar-refractivity contribution in [2.75, 3.05) is 11.9 Å². The summed E-state index contributed by atoms with van der Waals surface area (Å²) in [5.74, 6) is -0.167. The average molecular weight is 250 g/mol. The van der Waals surface area contributed by atoms with Crippen molar-refractivity contribution >= 4 is 5.69 Å². The molecule has 1 fully saturated rings. The van der Waals surface area contributed by atoms with Gasteiger partial charge < -0.3 is 10.6 Å². The van der Waals surface area contributed by atoms with Crippen molar-refractivity contribution in [3.63, 3.8) is 0 Å². The maximum Gasteiger partial charge on any atom is 0.123 e. The first kappa shape index (κ1) is 13.3. The minimum Gasteiger partial charge on any atom is -0.382 e. The van der Waals surface area contributed by atoms with Gasteiger partial charge in [0.2, 0.25) is 0 Å². The molecule has 2 atom stereocenters. The maximum absolute atomic E-state index is 13.0. The number of rotatable bonds is 4. The van der Waals surface area contributed by atoms with Gasteiger partial charge in [-0.1, -0.05) is 6.42 Å². The largest absolute Gasteiger partial charge is 0.382 e. The molecule has 2 nitrogen and oxygen atoms in total. The van der Waals surface area contributed by atoms with Crippen LogP contribution in [0.1, 0.15) is 38.2 Å². The number of piperidine rings is 1. The lowest BCUT2D eigenvalue weighted by molar-refractivity contribution is 0.371. The van der Waals surface area contributed by atoms with Gasteiger partial charge in [0.25, 0.3) is 0 Å². The standard InChI is InChI=1S/C15H23FN2/c1-11-9-13(16)6-7-15(11)18-12(2)10-14-5-3-4-8-17-14/h6-7,9,12,14,17-18H,3-5,8,10H2,1-2H3. The predicted octanol–water partition coefficient (Wildman–Crippen LogP) is 3.47. The van der Waals surface area contributed by atoms with Crippen LogP contribution in [-0.4, -0.2) is 18.6 Å². The zero-order valence-electron chi connectivity index (χ0n) is 11.3. The second kappa shape index (κ2) is 6.19. The van der Waals surface area contributed by atoms with E-state index in [1.54, 1.807) is 6.07 Å². The van der Waals surface area contributed by atoms with E-state index in [4.69, 9.17) is 0 Å². The van der Waals surface area contributed by atoms with Gasteiger partial charge in [-0.2, -0.15) is 0 Å². The number of halogens is 1. The monoisotopic (exact) mass is 250 g/mol. The van der Waals surface area contributed by atoms with E-state index in [1.165, 1.54) is 25.3 Å². The molecule has 3 heteroatoms. The number of hydrogen-bond acceptors (Lipinski definition) is 2. The Morgan fingerprint density at radius 3 is 2.94 bits per heavy atom. The van der Waals surface area contributed by atoms with Crippen LogP contribution >= 0.6 is 0 Å². The Labute approximate surface area is 109 Å². The smallest absolute Gasteiger partial charge is 0.123 e. The van der Waals surface area contributed by atoms with Crippen molar-refractivity contribution in [1.82, 2.24) is 5.32 Å². The molecule has 0 aromatic heterocycles. The van der Waals surface area contributed by atoms with Crippen LogP contribution in [-0.2, 0) is 0 Å². The fourth-order valence-corrected chi connectivity index (χ4v) is 2.67. The van der Waals surface area contributed by atoms with Gasteiger partial charge in [0.1, 0.15) is 5.82 Å². The second-order valence-electron chi connectivity index (χ2n) is 5.39.